The van der Waals surface area contributed by atoms with E-state index in [2.05, 4.69) is 0 Å². The van der Waals surface area contributed by atoms with E-state index >= 15 is 0 Å². The molecule has 0 aliphatic carbocycles. The second kappa shape index (κ2) is 4.16. The van der Waals surface area contributed by atoms with E-state index in [-0.39, 0.29) is 5.92 Å². The van der Waals surface area contributed by atoms with Gasteiger partial charge in [0.1, 0.15) is 0 Å². The maximum atomic E-state index is 11.8. The van der Waals surface area contributed by atoms with E-state index in [9.17, 15) is 18.0 Å². The van der Waals surface area contributed by atoms with Crippen LogP contribution in [0.5, 0.6) is 0 Å². The highest BCUT2D eigenvalue weighted by Gasteiger charge is 2.33. The summed E-state index contributed by atoms with van der Waals surface area (Å²) < 4.78 is 35.3. The Labute approximate surface area is 80.0 Å². The highest BCUT2D eigenvalue weighted by atomic mass is 19.4. The SMILES string of the molecule is NCC1CN(C(=O)CCC(F)(F)F)C1. The van der Waals surface area contributed by atoms with Crippen LogP contribution in [-0.2, 0) is 4.79 Å². The fourth-order valence-corrected chi connectivity index (χ4v) is 1.33. The third-order valence-corrected chi connectivity index (χ3v) is 2.27. The third-order valence-electron chi connectivity index (χ3n) is 2.27. The summed E-state index contributed by atoms with van der Waals surface area (Å²) in [5, 5.41) is 0. The monoisotopic (exact) mass is 210 g/mol. The molecule has 0 unspecified atom stereocenters. The lowest BCUT2D eigenvalue weighted by Gasteiger charge is -2.38. The first-order valence-corrected chi connectivity index (χ1v) is 4.47. The normalized spacial score (nSPS) is 18.1. The van der Waals surface area contributed by atoms with E-state index in [1.54, 1.807) is 0 Å². The fourth-order valence-electron chi connectivity index (χ4n) is 1.33. The molecule has 0 spiro atoms. The Morgan fingerprint density at radius 1 is 1.43 bits per heavy atom. The van der Waals surface area contributed by atoms with Crippen LogP contribution in [0.15, 0.2) is 0 Å². The molecule has 2 N–H and O–H groups in total. The third kappa shape index (κ3) is 3.17. The van der Waals surface area contributed by atoms with Gasteiger partial charge in [-0.2, -0.15) is 13.2 Å². The Hall–Kier alpha value is -0.780. The van der Waals surface area contributed by atoms with Crippen LogP contribution in [0.1, 0.15) is 12.8 Å². The van der Waals surface area contributed by atoms with Gasteiger partial charge in [0, 0.05) is 25.4 Å². The molecule has 1 amide bonds. The lowest BCUT2D eigenvalue weighted by atomic mass is 10.00. The predicted molar refractivity (Wildman–Crippen MR) is 44.4 cm³/mol. The van der Waals surface area contributed by atoms with Crippen LogP contribution < -0.4 is 5.73 Å². The molecule has 1 saturated heterocycles. The topological polar surface area (TPSA) is 46.3 Å². The van der Waals surface area contributed by atoms with E-state index in [0.29, 0.717) is 19.6 Å². The number of nitrogens with two attached hydrogens (primary N) is 1. The second-order valence-electron chi connectivity index (χ2n) is 3.52. The summed E-state index contributed by atoms with van der Waals surface area (Å²) >= 11 is 0. The van der Waals surface area contributed by atoms with Crippen LogP contribution in [0.25, 0.3) is 0 Å². The zero-order valence-electron chi connectivity index (χ0n) is 7.68. The predicted octanol–water partition coefficient (Wildman–Crippen LogP) is 0.746. The molecule has 0 radical (unpaired) electrons. The Bertz CT molecular complexity index is 211. The molecule has 0 bridgehead atoms. The van der Waals surface area contributed by atoms with E-state index in [1.807, 2.05) is 0 Å². The quantitative estimate of drug-likeness (QED) is 0.747. The second-order valence-corrected chi connectivity index (χ2v) is 3.52. The molecule has 1 rings (SSSR count). The minimum Gasteiger partial charge on any atom is -0.342 e. The number of halogens is 3. The first kappa shape index (κ1) is 11.3. The van der Waals surface area contributed by atoms with Gasteiger partial charge in [-0.3, -0.25) is 4.79 Å². The molecule has 1 fully saturated rings. The van der Waals surface area contributed by atoms with Crippen molar-refractivity contribution in [3.05, 3.63) is 0 Å². The van der Waals surface area contributed by atoms with E-state index in [4.69, 9.17) is 5.73 Å². The minimum absolute atomic E-state index is 0.268. The number of hydrogen-bond acceptors (Lipinski definition) is 2. The highest BCUT2D eigenvalue weighted by molar-refractivity contribution is 5.77. The number of likely N-dealkylation sites (tertiary alicyclic amines) is 1. The van der Waals surface area contributed by atoms with Crippen molar-refractivity contribution in [3.8, 4) is 0 Å². The average molecular weight is 210 g/mol. The van der Waals surface area contributed by atoms with Gasteiger partial charge in [-0.1, -0.05) is 0 Å². The fraction of sp³-hybridized carbons (Fsp3) is 0.875. The summed E-state index contributed by atoms with van der Waals surface area (Å²) in [5.41, 5.74) is 5.32. The Morgan fingerprint density at radius 3 is 2.43 bits per heavy atom. The number of alkyl halides is 3. The standard InChI is InChI=1S/C8H13F3N2O/c9-8(10,11)2-1-7(14)13-4-6(3-12)5-13/h6H,1-5,12H2. The maximum Gasteiger partial charge on any atom is 0.389 e. The number of nitrogens with zero attached hydrogens (tertiary/aromatic N) is 1. The average Bonchev–Trinajstić information content (AvgIpc) is 1.97. The van der Waals surface area contributed by atoms with Crippen LogP contribution in [0.2, 0.25) is 0 Å². The summed E-state index contributed by atoms with van der Waals surface area (Å²) in [7, 11) is 0. The van der Waals surface area contributed by atoms with Gasteiger partial charge < -0.3 is 10.6 Å². The van der Waals surface area contributed by atoms with Gasteiger partial charge in [-0.15, -0.1) is 0 Å². The molecule has 1 heterocycles. The van der Waals surface area contributed by atoms with Gasteiger partial charge in [0.15, 0.2) is 0 Å². The van der Waals surface area contributed by atoms with Crippen molar-refractivity contribution in [1.82, 2.24) is 4.90 Å². The largest absolute Gasteiger partial charge is 0.389 e. The van der Waals surface area contributed by atoms with Gasteiger partial charge in [-0.25, -0.2) is 0 Å². The first-order valence-electron chi connectivity index (χ1n) is 4.47. The van der Waals surface area contributed by atoms with Crippen molar-refractivity contribution in [1.29, 1.82) is 0 Å². The van der Waals surface area contributed by atoms with Gasteiger partial charge in [0.25, 0.3) is 0 Å². The van der Waals surface area contributed by atoms with E-state index in [0.717, 1.165) is 0 Å². The van der Waals surface area contributed by atoms with Crippen LogP contribution in [0.4, 0.5) is 13.2 Å². The van der Waals surface area contributed by atoms with Crippen molar-refractivity contribution in [2.75, 3.05) is 19.6 Å². The number of amides is 1. The summed E-state index contributed by atoms with van der Waals surface area (Å²) in [5.74, 6) is -0.156. The lowest BCUT2D eigenvalue weighted by Crippen LogP contribution is -2.52. The van der Waals surface area contributed by atoms with Crippen molar-refractivity contribution in [3.63, 3.8) is 0 Å². The van der Waals surface area contributed by atoms with Gasteiger partial charge >= 0.3 is 6.18 Å². The van der Waals surface area contributed by atoms with Crippen LogP contribution in [-0.4, -0.2) is 36.6 Å². The number of carbonyl (C=O) groups is 1. The van der Waals surface area contributed by atoms with Crippen molar-refractivity contribution in [2.24, 2.45) is 11.7 Å². The summed E-state index contributed by atoms with van der Waals surface area (Å²) in [6.45, 7) is 1.50. The summed E-state index contributed by atoms with van der Waals surface area (Å²) in [6.07, 6.45) is -5.72. The number of carbonyl (C=O) groups excluding carboxylic acids is 1. The molecular formula is C8H13F3N2O. The number of rotatable bonds is 3. The van der Waals surface area contributed by atoms with Gasteiger partial charge in [0.2, 0.25) is 5.91 Å². The molecule has 0 aromatic rings. The summed E-state index contributed by atoms with van der Waals surface area (Å²) in [4.78, 5) is 12.5. The molecule has 82 valence electrons. The minimum atomic E-state index is -4.24. The smallest absolute Gasteiger partial charge is 0.342 e. The molecule has 0 aromatic heterocycles. The lowest BCUT2D eigenvalue weighted by molar-refractivity contribution is -0.152. The molecule has 0 aromatic carbocycles. The van der Waals surface area contributed by atoms with E-state index in [1.165, 1.54) is 4.90 Å². The van der Waals surface area contributed by atoms with E-state index < -0.39 is 24.9 Å². The molecule has 0 atom stereocenters. The van der Waals surface area contributed by atoms with Gasteiger partial charge in [-0.05, 0) is 6.54 Å². The zero-order valence-corrected chi connectivity index (χ0v) is 7.68. The first-order chi connectivity index (χ1) is 6.42. The van der Waals surface area contributed by atoms with Crippen molar-refractivity contribution in [2.45, 2.75) is 19.0 Å². The van der Waals surface area contributed by atoms with Crippen LogP contribution in [0, 0.1) is 5.92 Å². The Morgan fingerprint density at radius 2 is 2.00 bits per heavy atom. The molecule has 1 aliphatic heterocycles. The van der Waals surface area contributed by atoms with Crippen molar-refractivity contribution < 1.29 is 18.0 Å². The Balaban J connectivity index is 2.18. The molecule has 1 aliphatic rings. The Kier molecular flexibility index (Phi) is 3.36. The van der Waals surface area contributed by atoms with Gasteiger partial charge in [0.05, 0.1) is 6.42 Å². The molecule has 14 heavy (non-hydrogen) atoms. The van der Waals surface area contributed by atoms with Crippen LogP contribution >= 0.6 is 0 Å². The maximum absolute atomic E-state index is 11.8. The zero-order chi connectivity index (χ0) is 10.8. The number of hydrogen-bond donors (Lipinski definition) is 1. The molecular weight excluding hydrogens is 197 g/mol. The van der Waals surface area contributed by atoms with Crippen molar-refractivity contribution >= 4 is 5.91 Å². The van der Waals surface area contributed by atoms with Crippen LogP contribution in [0.3, 0.4) is 0 Å². The summed E-state index contributed by atoms with van der Waals surface area (Å²) in [6, 6.07) is 0. The molecule has 0 saturated carbocycles. The molecule has 6 heteroatoms. The molecule has 3 nitrogen and oxygen atoms in total. The highest BCUT2D eigenvalue weighted by Crippen LogP contribution is 2.23.